The Hall–Kier alpha value is -2.11. The van der Waals surface area contributed by atoms with E-state index >= 15 is 0 Å². The Morgan fingerprint density at radius 3 is 3.04 bits per heavy atom. The first kappa shape index (κ1) is 15.8. The summed E-state index contributed by atoms with van der Waals surface area (Å²) >= 11 is 6.12. The summed E-state index contributed by atoms with van der Waals surface area (Å²) in [6.45, 7) is 3.77. The first-order valence-corrected chi connectivity index (χ1v) is 7.89. The van der Waals surface area contributed by atoms with Crippen molar-refractivity contribution >= 4 is 23.4 Å². The second-order valence-corrected chi connectivity index (χ2v) is 5.84. The quantitative estimate of drug-likeness (QED) is 0.910. The molecule has 1 N–H and O–H groups in total. The zero-order chi connectivity index (χ0) is 16.2. The molecule has 1 aliphatic heterocycles. The Morgan fingerprint density at radius 1 is 1.43 bits per heavy atom. The number of nitrogens with one attached hydrogen (secondary N) is 1. The zero-order valence-electron chi connectivity index (χ0n) is 12.8. The highest BCUT2D eigenvalue weighted by Crippen LogP contribution is 2.23. The minimum absolute atomic E-state index is 0.123. The van der Waals surface area contributed by atoms with Gasteiger partial charge in [-0.15, -0.1) is 0 Å². The number of rotatable bonds is 5. The Morgan fingerprint density at radius 2 is 2.30 bits per heavy atom. The normalized spacial score (nSPS) is 15.6. The number of benzene rings is 1. The molecule has 0 saturated carbocycles. The molecule has 1 fully saturated rings. The van der Waals surface area contributed by atoms with Gasteiger partial charge in [-0.2, -0.15) is 0 Å². The molecule has 0 spiro atoms. The molecule has 1 atom stereocenters. The highest BCUT2D eigenvalue weighted by atomic mass is 35.5. The van der Waals surface area contributed by atoms with E-state index in [-0.39, 0.29) is 12.1 Å². The van der Waals surface area contributed by atoms with Gasteiger partial charge >= 0.3 is 6.09 Å². The molecule has 0 bridgehead atoms. The summed E-state index contributed by atoms with van der Waals surface area (Å²) in [4.78, 5) is 17.3. The molecule has 1 aliphatic rings. The van der Waals surface area contributed by atoms with Crippen molar-refractivity contribution in [2.75, 3.05) is 18.1 Å². The van der Waals surface area contributed by atoms with Crippen LogP contribution in [0.3, 0.4) is 0 Å². The van der Waals surface area contributed by atoms with Gasteiger partial charge in [-0.25, -0.2) is 4.79 Å². The lowest BCUT2D eigenvalue weighted by Gasteiger charge is -2.18. The molecule has 1 aromatic carbocycles. The molecule has 0 aliphatic carbocycles. The molecular weight excluding hydrogens is 314 g/mol. The van der Waals surface area contributed by atoms with Gasteiger partial charge in [0.25, 0.3) is 0 Å². The van der Waals surface area contributed by atoms with Crippen molar-refractivity contribution in [3.05, 3.63) is 58.9 Å². The lowest BCUT2D eigenvalue weighted by Crippen LogP contribution is -2.24. The van der Waals surface area contributed by atoms with E-state index in [1.54, 1.807) is 17.3 Å². The molecule has 1 amide bonds. The molecule has 1 aromatic heterocycles. The van der Waals surface area contributed by atoms with Crippen molar-refractivity contribution in [1.82, 2.24) is 10.3 Å². The van der Waals surface area contributed by atoms with Crippen LogP contribution in [-0.4, -0.2) is 24.2 Å². The molecule has 1 saturated heterocycles. The third-order valence-electron chi connectivity index (χ3n) is 3.90. The van der Waals surface area contributed by atoms with Crippen LogP contribution in [0.15, 0.2) is 42.7 Å². The van der Waals surface area contributed by atoms with E-state index < -0.39 is 0 Å². The molecule has 23 heavy (non-hydrogen) atoms. The van der Waals surface area contributed by atoms with Crippen molar-refractivity contribution in [3.63, 3.8) is 0 Å². The smallest absolute Gasteiger partial charge is 0.414 e. The van der Waals surface area contributed by atoms with Crippen molar-refractivity contribution in [2.45, 2.75) is 19.5 Å². The summed E-state index contributed by atoms with van der Waals surface area (Å²) in [7, 11) is 0. The summed E-state index contributed by atoms with van der Waals surface area (Å²) in [5.41, 5.74) is 2.97. The third-order valence-corrected chi connectivity index (χ3v) is 4.24. The highest BCUT2D eigenvalue weighted by Gasteiger charge is 2.23. The number of anilines is 1. The molecule has 0 unspecified atom stereocenters. The summed E-state index contributed by atoms with van der Waals surface area (Å²) in [6.07, 6.45) is 3.09. The molecule has 2 heterocycles. The zero-order valence-corrected chi connectivity index (χ0v) is 13.6. The van der Waals surface area contributed by atoms with Crippen LogP contribution in [0.25, 0.3) is 0 Å². The van der Waals surface area contributed by atoms with Gasteiger partial charge in [0.15, 0.2) is 0 Å². The predicted octanol–water partition coefficient (Wildman–Crippen LogP) is 3.54. The number of halogens is 1. The van der Waals surface area contributed by atoms with Crippen LogP contribution in [0.2, 0.25) is 5.02 Å². The lowest BCUT2D eigenvalue weighted by molar-refractivity contribution is 0.181. The Balaban J connectivity index is 1.69. The molecule has 6 heteroatoms. The number of cyclic esters (lactones) is 1. The minimum Gasteiger partial charge on any atom is -0.447 e. The average molecular weight is 332 g/mol. The lowest BCUT2D eigenvalue weighted by atomic mass is 10.1. The maximum Gasteiger partial charge on any atom is 0.414 e. The number of pyridine rings is 1. The summed E-state index contributed by atoms with van der Waals surface area (Å²) in [6, 6.07) is 9.95. The van der Waals surface area contributed by atoms with Gasteiger partial charge in [0, 0.05) is 30.7 Å². The molecule has 120 valence electrons. The van der Waals surface area contributed by atoms with Gasteiger partial charge < -0.3 is 10.1 Å². The van der Waals surface area contributed by atoms with Crippen molar-refractivity contribution < 1.29 is 9.53 Å². The van der Waals surface area contributed by atoms with E-state index in [4.69, 9.17) is 16.3 Å². The molecular formula is C17H18ClN3O2. The van der Waals surface area contributed by atoms with E-state index in [1.165, 1.54) is 0 Å². The molecule has 0 radical (unpaired) electrons. The van der Waals surface area contributed by atoms with Gasteiger partial charge in [-0.1, -0.05) is 23.7 Å². The van der Waals surface area contributed by atoms with Crippen LogP contribution < -0.4 is 10.2 Å². The molecule has 3 rings (SSSR count). The Labute approximate surface area is 140 Å². The van der Waals surface area contributed by atoms with Crippen LogP contribution in [-0.2, 0) is 11.3 Å². The van der Waals surface area contributed by atoms with Gasteiger partial charge in [-0.3, -0.25) is 9.88 Å². The first-order valence-electron chi connectivity index (χ1n) is 7.51. The van der Waals surface area contributed by atoms with E-state index in [0.717, 1.165) is 16.8 Å². The van der Waals surface area contributed by atoms with E-state index in [0.29, 0.717) is 24.7 Å². The van der Waals surface area contributed by atoms with Gasteiger partial charge in [-0.05, 0) is 36.2 Å². The van der Waals surface area contributed by atoms with E-state index in [2.05, 4.69) is 17.2 Å². The number of carbonyl (C=O) groups excluding carboxylic acids is 1. The Kier molecular flexibility index (Phi) is 4.79. The number of amides is 1. The van der Waals surface area contributed by atoms with Crippen LogP contribution >= 0.6 is 11.6 Å². The van der Waals surface area contributed by atoms with Crippen molar-refractivity contribution in [1.29, 1.82) is 0 Å². The summed E-state index contributed by atoms with van der Waals surface area (Å²) in [5, 5.41) is 4.09. The largest absolute Gasteiger partial charge is 0.447 e. The maximum atomic E-state index is 11.7. The summed E-state index contributed by atoms with van der Waals surface area (Å²) < 4.78 is 4.99. The molecule has 2 aromatic rings. The first-order chi connectivity index (χ1) is 11.1. The van der Waals surface area contributed by atoms with Gasteiger partial charge in [0.05, 0.1) is 11.6 Å². The van der Waals surface area contributed by atoms with Crippen LogP contribution in [0.5, 0.6) is 0 Å². The predicted molar refractivity (Wildman–Crippen MR) is 89.6 cm³/mol. The highest BCUT2D eigenvalue weighted by molar-refractivity contribution is 6.31. The van der Waals surface area contributed by atoms with Crippen molar-refractivity contribution in [3.8, 4) is 0 Å². The number of hydrogen-bond donors (Lipinski definition) is 1. The SMILES string of the molecule is C[C@H](NCc1ccncc1Cl)c1cccc(N2CCOC2=O)c1. The average Bonchev–Trinajstić information content (AvgIpc) is 3.00. The monoisotopic (exact) mass is 331 g/mol. The second kappa shape index (κ2) is 6.98. The fourth-order valence-corrected chi connectivity index (χ4v) is 2.70. The van der Waals surface area contributed by atoms with Crippen LogP contribution in [0.4, 0.5) is 10.5 Å². The van der Waals surface area contributed by atoms with E-state index in [9.17, 15) is 4.79 Å². The second-order valence-electron chi connectivity index (χ2n) is 5.43. The van der Waals surface area contributed by atoms with E-state index in [1.807, 2.05) is 30.3 Å². The topological polar surface area (TPSA) is 54.5 Å². The maximum absolute atomic E-state index is 11.7. The van der Waals surface area contributed by atoms with Gasteiger partial charge in [0.2, 0.25) is 0 Å². The minimum atomic E-state index is -0.286. The summed E-state index contributed by atoms with van der Waals surface area (Å²) in [5.74, 6) is 0. The van der Waals surface area contributed by atoms with Crippen LogP contribution in [0.1, 0.15) is 24.1 Å². The van der Waals surface area contributed by atoms with Crippen LogP contribution in [0, 0.1) is 0 Å². The van der Waals surface area contributed by atoms with Crippen molar-refractivity contribution in [2.24, 2.45) is 0 Å². The Bertz CT molecular complexity index is 708. The number of ether oxygens (including phenoxy) is 1. The number of carbonyl (C=O) groups is 1. The standard InChI is InChI=1S/C17H18ClN3O2/c1-12(20-10-14-5-6-19-11-16(14)18)13-3-2-4-15(9-13)21-7-8-23-17(21)22/h2-6,9,11-12,20H,7-8,10H2,1H3/t12-/m0/s1. The van der Waals surface area contributed by atoms with Gasteiger partial charge in [0.1, 0.15) is 6.61 Å². The number of nitrogens with zero attached hydrogens (tertiary/aromatic N) is 2. The number of aromatic nitrogens is 1. The fraction of sp³-hybridized carbons (Fsp3) is 0.294. The third kappa shape index (κ3) is 3.63. The fourth-order valence-electron chi connectivity index (χ4n) is 2.52. The molecule has 5 nitrogen and oxygen atoms in total. The number of hydrogen-bond acceptors (Lipinski definition) is 4.